The molecule has 1 aliphatic rings. The van der Waals surface area contributed by atoms with Crippen LogP contribution in [-0.4, -0.2) is 38.3 Å². The molecule has 1 saturated carbocycles. The molecular formula is C12H24N2O2. The van der Waals surface area contributed by atoms with E-state index in [0.717, 1.165) is 0 Å². The van der Waals surface area contributed by atoms with Gasteiger partial charge in [0.1, 0.15) is 0 Å². The van der Waals surface area contributed by atoms with E-state index in [1.54, 1.807) is 7.11 Å². The minimum absolute atomic E-state index is 0.0589. The molecule has 0 heterocycles. The highest BCUT2D eigenvalue weighted by Gasteiger charge is 2.23. The number of amides is 1. The zero-order chi connectivity index (χ0) is 12.0. The van der Waals surface area contributed by atoms with E-state index in [2.05, 4.69) is 17.6 Å². The molecule has 3 atom stereocenters. The fraction of sp³-hybridized carbons (Fsp3) is 0.917. The molecule has 0 spiro atoms. The molecule has 94 valence electrons. The molecule has 0 aromatic heterocycles. The third kappa shape index (κ3) is 4.49. The van der Waals surface area contributed by atoms with Crippen molar-refractivity contribution < 1.29 is 9.53 Å². The van der Waals surface area contributed by atoms with Crippen molar-refractivity contribution in [2.45, 2.75) is 45.2 Å². The quantitative estimate of drug-likeness (QED) is 0.710. The van der Waals surface area contributed by atoms with Gasteiger partial charge in [0.15, 0.2) is 0 Å². The minimum atomic E-state index is 0.0589. The molecule has 1 aliphatic carbocycles. The molecule has 0 aromatic carbocycles. The lowest BCUT2D eigenvalue weighted by atomic mass is 10.1. The van der Waals surface area contributed by atoms with E-state index in [1.165, 1.54) is 19.3 Å². The van der Waals surface area contributed by atoms with E-state index in [0.29, 0.717) is 25.1 Å². The van der Waals surface area contributed by atoms with Crippen molar-refractivity contribution in [1.82, 2.24) is 10.6 Å². The Kier molecular flexibility index (Phi) is 5.77. The van der Waals surface area contributed by atoms with Crippen molar-refractivity contribution in [2.75, 3.05) is 20.3 Å². The molecule has 0 saturated heterocycles. The Balaban J connectivity index is 2.14. The topological polar surface area (TPSA) is 50.4 Å². The van der Waals surface area contributed by atoms with Gasteiger partial charge in [0, 0.05) is 19.2 Å². The summed E-state index contributed by atoms with van der Waals surface area (Å²) in [4.78, 5) is 11.6. The first-order valence-electron chi connectivity index (χ1n) is 6.15. The first-order chi connectivity index (χ1) is 7.63. The number of hydrogen-bond acceptors (Lipinski definition) is 3. The van der Waals surface area contributed by atoms with E-state index >= 15 is 0 Å². The van der Waals surface area contributed by atoms with Gasteiger partial charge in [-0.15, -0.1) is 0 Å². The Morgan fingerprint density at radius 3 is 2.81 bits per heavy atom. The van der Waals surface area contributed by atoms with Gasteiger partial charge in [-0.3, -0.25) is 4.79 Å². The molecule has 0 bridgehead atoms. The fourth-order valence-corrected chi connectivity index (χ4v) is 2.29. The van der Waals surface area contributed by atoms with Crippen LogP contribution in [0, 0.1) is 5.92 Å². The Hall–Kier alpha value is -0.610. The lowest BCUT2D eigenvalue weighted by Gasteiger charge is -2.18. The second-order valence-electron chi connectivity index (χ2n) is 4.82. The average Bonchev–Trinajstić information content (AvgIpc) is 2.61. The normalized spacial score (nSPS) is 26.7. The van der Waals surface area contributed by atoms with Gasteiger partial charge in [0.25, 0.3) is 0 Å². The van der Waals surface area contributed by atoms with Crippen LogP contribution in [0.5, 0.6) is 0 Å². The predicted octanol–water partition coefficient (Wildman–Crippen LogP) is 0.916. The maximum atomic E-state index is 11.6. The summed E-state index contributed by atoms with van der Waals surface area (Å²) in [5, 5.41) is 6.22. The van der Waals surface area contributed by atoms with Gasteiger partial charge in [-0.2, -0.15) is 0 Å². The molecule has 16 heavy (non-hydrogen) atoms. The average molecular weight is 228 g/mol. The molecular weight excluding hydrogens is 204 g/mol. The molecule has 1 rings (SSSR count). The van der Waals surface area contributed by atoms with Crippen LogP contribution in [0.25, 0.3) is 0 Å². The largest absolute Gasteiger partial charge is 0.383 e. The highest BCUT2D eigenvalue weighted by molar-refractivity contribution is 5.78. The molecule has 3 unspecified atom stereocenters. The van der Waals surface area contributed by atoms with Crippen LogP contribution in [0.4, 0.5) is 0 Å². The van der Waals surface area contributed by atoms with Gasteiger partial charge < -0.3 is 15.4 Å². The summed E-state index contributed by atoms with van der Waals surface area (Å²) in [5.41, 5.74) is 0. The molecule has 1 amide bonds. The van der Waals surface area contributed by atoms with Crippen LogP contribution in [0.1, 0.15) is 33.1 Å². The van der Waals surface area contributed by atoms with Gasteiger partial charge in [-0.05, 0) is 25.7 Å². The molecule has 2 N–H and O–H groups in total. The van der Waals surface area contributed by atoms with Crippen molar-refractivity contribution in [1.29, 1.82) is 0 Å². The maximum Gasteiger partial charge on any atom is 0.234 e. The minimum Gasteiger partial charge on any atom is -0.383 e. The van der Waals surface area contributed by atoms with E-state index in [4.69, 9.17) is 4.74 Å². The van der Waals surface area contributed by atoms with Crippen LogP contribution < -0.4 is 10.6 Å². The van der Waals surface area contributed by atoms with Gasteiger partial charge in [-0.25, -0.2) is 0 Å². The summed E-state index contributed by atoms with van der Waals surface area (Å²) >= 11 is 0. The lowest BCUT2D eigenvalue weighted by Crippen LogP contribution is -2.44. The second-order valence-corrected chi connectivity index (χ2v) is 4.82. The predicted molar refractivity (Wildman–Crippen MR) is 64.3 cm³/mol. The summed E-state index contributed by atoms with van der Waals surface area (Å²) in [6.07, 6.45) is 3.75. The van der Waals surface area contributed by atoms with Crippen LogP contribution in [0.3, 0.4) is 0 Å². The van der Waals surface area contributed by atoms with E-state index < -0.39 is 0 Å². The van der Waals surface area contributed by atoms with E-state index in [-0.39, 0.29) is 11.9 Å². The smallest absolute Gasteiger partial charge is 0.234 e. The highest BCUT2D eigenvalue weighted by Crippen LogP contribution is 2.24. The summed E-state index contributed by atoms with van der Waals surface area (Å²) in [6, 6.07) is 0.601. The van der Waals surface area contributed by atoms with E-state index in [1.807, 2.05) is 6.92 Å². The number of ether oxygens (including phenoxy) is 1. The maximum absolute atomic E-state index is 11.6. The number of carbonyl (C=O) groups excluding carboxylic acids is 1. The highest BCUT2D eigenvalue weighted by atomic mass is 16.5. The van der Waals surface area contributed by atoms with Crippen molar-refractivity contribution in [3.05, 3.63) is 0 Å². The third-order valence-corrected chi connectivity index (χ3v) is 3.21. The Labute approximate surface area is 98.1 Å². The fourth-order valence-electron chi connectivity index (χ4n) is 2.29. The summed E-state index contributed by atoms with van der Waals surface area (Å²) < 4.78 is 4.96. The molecule has 0 aromatic rings. The zero-order valence-corrected chi connectivity index (χ0v) is 10.6. The molecule has 4 nitrogen and oxygen atoms in total. The van der Waals surface area contributed by atoms with Crippen LogP contribution in [0.15, 0.2) is 0 Å². The first-order valence-corrected chi connectivity index (χ1v) is 6.15. The van der Waals surface area contributed by atoms with Crippen LogP contribution in [0.2, 0.25) is 0 Å². The van der Waals surface area contributed by atoms with Crippen LogP contribution in [-0.2, 0) is 9.53 Å². The Morgan fingerprint density at radius 1 is 1.50 bits per heavy atom. The molecule has 4 heteroatoms. The summed E-state index contributed by atoms with van der Waals surface area (Å²) in [5.74, 6) is 0.757. The summed E-state index contributed by atoms with van der Waals surface area (Å²) in [7, 11) is 1.64. The molecule has 0 aliphatic heterocycles. The number of methoxy groups -OCH3 is 1. The number of rotatable bonds is 6. The van der Waals surface area contributed by atoms with Crippen molar-refractivity contribution >= 4 is 5.91 Å². The zero-order valence-electron chi connectivity index (χ0n) is 10.6. The monoisotopic (exact) mass is 228 g/mol. The van der Waals surface area contributed by atoms with Crippen molar-refractivity contribution in [2.24, 2.45) is 5.92 Å². The molecule has 1 fully saturated rings. The first kappa shape index (κ1) is 13.5. The summed E-state index contributed by atoms with van der Waals surface area (Å²) in [6.45, 7) is 5.17. The van der Waals surface area contributed by atoms with Crippen molar-refractivity contribution in [3.63, 3.8) is 0 Å². The van der Waals surface area contributed by atoms with Gasteiger partial charge in [0.2, 0.25) is 5.91 Å². The van der Waals surface area contributed by atoms with E-state index in [9.17, 15) is 4.79 Å². The number of carbonyl (C=O) groups is 1. The van der Waals surface area contributed by atoms with Crippen molar-refractivity contribution in [3.8, 4) is 0 Å². The number of hydrogen-bond donors (Lipinski definition) is 2. The Bertz CT molecular complexity index is 221. The SMILES string of the molecule is COCC(C)NC(=O)CNC1CCCC1C. The third-order valence-electron chi connectivity index (χ3n) is 3.21. The Morgan fingerprint density at radius 2 is 2.25 bits per heavy atom. The van der Waals surface area contributed by atoms with Gasteiger partial charge in [-0.1, -0.05) is 13.3 Å². The van der Waals surface area contributed by atoms with Gasteiger partial charge >= 0.3 is 0 Å². The van der Waals surface area contributed by atoms with Crippen LogP contribution >= 0.6 is 0 Å². The standard InChI is InChI=1S/C12H24N2O2/c1-9-5-4-6-11(9)13-7-12(15)14-10(2)8-16-3/h9-11,13H,4-8H2,1-3H3,(H,14,15). The number of nitrogens with one attached hydrogen (secondary N) is 2. The molecule has 0 radical (unpaired) electrons. The second kappa shape index (κ2) is 6.86. The van der Waals surface area contributed by atoms with Gasteiger partial charge in [0.05, 0.1) is 13.2 Å². The lowest BCUT2D eigenvalue weighted by molar-refractivity contribution is -0.121.